The highest BCUT2D eigenvalue weighted by Gasteiger charge is 2.23. The lowest BCUT2D eigenvalue weighted by molar-refractivity contribution is 0.670. The molecule has 0 aliphatic carbocycles. The molecule has 1 aromatic heterocycles. The maximum Gasteiger partial charge on any atom is 0.143 e. The van der Waals surface area contributed by atoms with Gasteiger partial charge in [-0.1, -0.05) is 182 Å². The van der Waals surface area contributed by atoms with E-state index in [1.54, 1.807) is 0 Å². The Morgan fingerprint density at radius 2 is 0.931 bits per heavy atom. The minimum atomic E-state index is 0.901. The molecule has 2 nitrogen and oxygen atoms in total. The molecule has 1 heterocycles. The molecule has 58 heavy (non-hydrogen) atoms. The van der Waals surface area contributed by atoms with Gasteiger partial charge in [-0.05, 0) is 97.4 Å². The van der Waals surface area contributed by atoms with Crippen LogP contribution in [0.2, 0.25) is 0 Å². The van der Waals surface area contributed by atoms with E-state index in [1.807, 2.05) is 12.1 Å². The summed E-state index contributed by atoms with van der Waals surface area (Å²) in [7, 11) is 0. The van der Waals surface area contributed by atoms with Gasteiger partial charge in [0.25, 0.3) is 0 Å². The van der Waals surface area contributed by atoms with Crippen LogP contribution < -0.4 is 4.90 Å². The van der Waals surface area contributed by atoms with Crippen molar-refractivity contribution in [3.63, 3.8) is 0 Å². The van der Waals surface area contributed by atoms with Crippen LogP contribution in [0, 0.1) is 0 Å². The molecule has 0 aliphatic rings. The summed E-state index contributed by atoms with van der Waals surface area (Å²) in [6.07, 6.45) is 0. The van der Waals surface area contributed by atoms with Crippen LogP contribution in [-0.2, 0) is 0 Å². The second-order valence-corrected chi connectivity index (χ2v) is 14.9. The van der Waals surface area contributed by atoms with Crippen molar-refractivity contribution in [3.8, 4) is 44.5 Å². The summed E-state index contributed by atoms with van der Waals surface area (Å²) in [5.41, 5.74) is 14.3. The smallest absolute Gasteiger partial charge is 0.143 e. The largest absolute Gasteiger partial charge is 0.455 e. The lowest BCUT2D eigenvalue weighted by Crippen LogP contribution is -2.12. The van der Waals surface area contributed by atoms with Gasteiger partial charge in [-0.2, -0.15) is 0 Å². The van der Waals surface area contributed by atoms with Gasteiger partial charge in [-0.15, -0.1) is 0 Å². The number of anilines is 3. The first-order valence-electron chi connectivity index (χ1n) is 19.8. The molecule has 0 saturated heterocycles. The van der Waals surface area contributed by atoms with Crippen LogP contribution in [0.3, 0.4) is 0 Å². The number of hydrogen-bond donors (Lipinski definition) is 0. The average molecular weight is 740 g/mol. The molecular formula is C56H37NO. The average Bonchev–Trinajstić information content (AvgIpc) is 3.69. The predicted molar refractivity (Wildman–Crippen MR) is 245 cm³/mol. The fourth-order valence-electron chi connectivity index (χ4n) is 8.70. The zero-order valence-electron chi connectivity index (χ0n) is 31.7. The fourth-order valence-corrected chi connectivity index (χ4v) is 8.70. The molecule has 0 bridgehead atoms. The third kappa shape index (κ3) is 5.82. The number of fused-ring (bicyclic) bond motifs is 5. The molecule has 272 valence electrons. The molecule has 0 aliphatic heterocycles. The number of benzene rings is 10. The van der Waals surface area contributed by atoms with Gasteiger partial charge in [0.2, 0.25) is 0 Å². The first-order valence-corrected chi connectivity index (χ1v) is 19.8. The van der Waals surface area contributed by atoms with E-state index >= 15 is 0 Å². The molecule has 0 fully saturated rings. The fraction of sp³-hybridized carbons (Fsp3) is 0. The lowest BCUT2D eigenvalue weighted by atomic mass is 9.88. The normalized spacial score (nSPS) is 11.4. The van der Waals surface area contributed by atoms with Crippen molar-refractivity contribution in [2.45, 2.75) is 0 Å². The molecule has 0 atom stereocenters. The van der Waals surface area contributed by atoms with Crippen molar-refractivity contribution in [3.05, 3.63) is 224 Å². The topological polar surface area (TPSA) is 16.4 Å². The number of para-hydroxylation sites is 2. The highest BCUT2D eigenvalue weighted by molar-refractivity contribution is 6.10. The third-order valence-electron chi connectivity index (χ3n) is 11.5. The van der Waals surface area contributed by atoms with E-state index in [1.165, 1.54) is 49.4 Å². The van der Waals surface area contributed by atoms with E-state index in [-0.39, 0.29) is 0 Å². The molecule has 0 spiro atoms. The minimum Gasteiger partial charge on any atom is -0.455 e. The van der Waals surface area contributed by atoms with Gasteiger partial charge < -0.3 is 9.32 Å². The molecule has 11 aromatic rings. The molecule has 0 unspecified atom stereocenters. The molecule has 0 saturated carbocycles. The second-order valence-electron chi connectivity index (χ2n) is 14.9. The molecule has 11 rings (SSSR count). The minimum absolute atomic E-state index is 0.901. The predicted octanol–water partition coefficient (Wildman–Crippen LogP) is 16.0. The molecule has 0 radical (unpaired) electrons. The van der Waals surface area contributed by atoms with Crippen molar-refractivity contribution in [2.75, 3.05) is 4.90 Å². The quantitative estimate of drug-likeness (QED) is 0.162. The van der Waals surface area contributed by atoms with Crippen LogP contribution in [0.5, 0.6) is 0 Å². The van der Waals surface area contributed by atoms with Gasteiger partial charge in [-0.3, -0.25) is 0 Å². The molecule has 0 N–H and O–H groups in total. The number of rotatable bonds is 7. The Morgan fingerprint density at radius 3 is 1.81 bits per heavy atom. The van der Waals surface area contributed by atoms with Crippen LogP contribution in [0.4, 0.5) is 17.1 Å². The number of hydrogen-bond acceptors (Lipinski definition) is 2. The van der Waals surface area contributed by atoms with E-state index in [9.17, 15) is 0 Å². The standard InChI is InChI=1S/C56H37NO/c1-2-14-38(15-3-1)43-20-10-21-46(37-43)57(45-34-32-41(33-35-45)49-25-12-27-52-50-23-8-9-29-54(50)58-56(49)52)53-28-13-24-48(44-31-30-39-16-4-5-18-42(39)36-44)55(53)51-26-11-19-40-17-6-7-22-47(40)51/h1-37H. The van der Waals surface area contributed by atoms with Gasteiger partial charge in [-0.25, -0.2) is 0 Å². The van der Waals surface area contributed by atoms with E-state index in [4.69, 9.17) is 4.42 Å². The SMILES string of the molecule is c1ccc(-c2cccc(N(c3ccc(-c4cccc5c4oc4ccccc45)cc3)c3cccc(-c4ccc5ccccc5c4)c3-c3cccc4ccccc34)c2)cc1. The zero-order chi connectivity index (χ0) is 38.4. The first kappa shape index (κ1) is 33.6. The Morgan fingerprint density at radius 1 is 0.310 bits per heavy atom. The van der Waals surface area contributed by atoms with E-state index in [2.05, 4.69) is 217 Å². The summed E-state index contributed by atoms with van der Waals surface area (Å²) in [5, 5.41) is 7.13. The summed E-state index contributed by atoms with van der Waals surface area (Å²) >= 11 is 0. The Bertz CT molecular complexity index is 3280. The Kier molecular flexibility index (Phi) is 8.19. The summed E-state index contributed by atoms with van der Waals surface area (Å²) in [6.45, 7) is 0. The van der Waals surface area contributed by atoms with Gasteiger partial charge in [0.15, 0.2) is 0 Å². The highest BCUT2D eigenvalue weighted by atomic mass is 16.3. The van der Waals surface area contributed by atoms with Crippen molar-refractivity contribution < 1.29 is 4.42 Å². The summed E-state index contributed by atoms with van der Waals surface area (Å²) in [5.74, 6) is 0. The third-order valence-corrected chi connectivity index (χ3v) is 11.5. The molecule has 0 amide bonds. The van der Waals surface area contributed by atoms with Crippen molar-refractivity contribution in [1.29, 1.82) is 0 Å². The second kappa shape index (κ2) is 14.1. The molecule has 2 heteroatoms. The Labute approximate surface area is 337 Å². The van der Waals surface area contributed by atoms with E-state index in [0.29, 0.717) is 0 Å². The van der Waals surface area contributed by atoms with Crippen LogP contribution in [-0.4, -0.2) is 0 Å². The summed E-state index contributed by atoms with van der Waals surface area (Å²) < 4.78 is 6.48. The number of furan rings is 1. The van der Waals surface area contributed by atoms with Crippen molar-refractivity contribution in [2.24, 2.45) is 0 Å². The van der Waals surface area contributed by atoms with E-state index in [0.717, 1.165) is 55.7 Å². The summed E-state index contributed by atoms with van der Waals surface area (Å²) in [6, 6.07) is 80.8. The maximum atomic E-state index is 6.48. The molecular weight excluding hydrogens is 703 g/mol. The summed E-state index contributed by atoms with van der Waals surface area (Å²) in [4.78, 5) is 2.43. The zero-order valence-corrected chi connectivity index (χ0v) is 31.7. The van der Waals surface area contributed by atoms with E-state index < -0.39 is 0 Å². The van der Waals surface area contributed by atoms with Crippen LogP contribution in [0.25, 0.3) is 88.0 Å². The van der Waals surface area contributed by atoms with Crippen LogP contribution >= 0.6 is 0 Å². The Balaban J connectivity index is 1.15. The van der Waals surface area contributed by atoms with Gasteiger partial charge >= 0.3 is 0 Å². The first-order chi connectivity index (χ1) is 28.8. The molecule has 10 aromatic carbocycles. The highest BCUT2D eigenvalue weighted by Crippen LogP contribution is 2.48. The van der Waals surface area contributed by atoms with Crippen molar-refractivity contribution in [1.82, 2.24) is 0 Å². The Hall–Kier alpha value is -7.68. The maximum absolute atomic E-state index is 6.48. The lowest BCUT2D eigenvalue weighted by Gasteiger charge is -2.30. The van der Waals surface area contributed by atoms with Crippen molar-refractivity contribution >= 4 is 60.5 Å². The van der Waals surface area contributed by atoms with Crippen LogP contribution in [0.1, 0.15) is 0 Å². The van der Waals surface area contributed by atoms with Gasteiger partial charge in [0.05, 0.1) is 5.69 Å². The monoisotopic (exact) mass is 739 g/mol. The van der Waals surface area contributed by atoms with Gasteiger partial charge in [0, 0.05) is 33.3 Å². The number of nitrogens with zero attached hydrogens (tertiary/aromatic N) is 1. The van der Waals surface area contributed by atoms with Crippen LogP contribution in [0.15, 0.2) is 229 Å². The van der Waals surface area contributed by atoms with Gasteiger partial charge in [0.1, 0.15) is 11.2 Å².